The molecule has 9 heteroatoms. The molecule has 1 fully saturated rings. The van der Waals surface area contributed by atoms with Crippen molar-refractivity contribution in [3.63, 3.8) is 0 Å². The van der Waals surface area contributed by atoms with Crippen LogP contribution < -0.4 is 14.9 Å². The van der Waals surface area contributed by atoms with Crippen LogP contribution in [-0.4, -0.2) is 35.4 Å². The van der Waals surface area contributed by atoms with E-state index in [1.54, 1.807) is 49.6 Å². The number of nitrogens with one attached hydrogen (secondary N) is 1. The number of amides is 2. The van der Waals surface area contributed by atoms with Crippen LogP contribution in [0.15, 0.2) is 47.4 Å². The molecule has 2 aromatic rings. The number of methoxy groups -OCH3 is 2. The molecule has 28 heavy (non-hydrogen) atoms. The quantitative estimate of drug-likeness (QED) is 0.568. The summed E-state index contributed by atoms with van der Waals surface area (Å²) in [5.41, 5.74) is 3.52. The van der Waals surface area contributed by atoms with Crippen LogP contribution in [0.2, 0.25) is 5.02 Å². The van der Waals surface area contributed by atoms with Gasteiger partial charge in [-0.3, -0.25) is 15.0 Å². The van der Waals surface area contributed by atoms with E-state index in [1.165, 1.54) is 13.2 Å². The normalized spacial score (nSPS) is 15.1. The second kappa shape index (κ2) is 8.64. The van der Waals surface area contributed by atoms with Gasteiger partial charge in [0.15, 0.2) is 4.32 Å². The number of thiocarbonyl (C=S) groups is 1. The first-order valence-electron chi connectivity index (χ1n) is 7.99. The second-order valence-corrected chi connectivity index (χ2v) is 7.69. The molecule has 144 valence electrons. The van der Waals surface area contributed by atoms with Crippen molar-refractivity contribution in [2.45, 2.75) is 0 Å². The first kappa shape index (κ1) is 20.2. The minimum absolute atomic E-state index is 0.221. The van der Waals surface area contributed by atoms with Crippen molar-refractivity contribution in [1.82, 2.24) is 10.4 Å². The van der Waals surface area contributed by atoms with Gasteiger partial charge in [0.1, 0.15) is 11.5 Å². The van der Waals surface area contributed by atoms with Gasteiger partial charge in [0, 0.05) is 22.2 Å². The molecule has 1 saturated heterocycles. The number of benzene rings is 2. The zero-order valence-corrected chi connectivity index (χ0v) is 17.3. The highest BCUT2D eigenvalue weighted by atomic mass is 35.5. The Morgan fingerprint density at radius 1 is 1.21 bits per heavy atom. The molecule has 0 aromatic heterocycles. The maximum absolute atomic E-state index is 12.7. The average molecular weight is 435 g/mol. The highest BCUT2D eigenvalue weighted by Crippen LogP contribution is 2.34. The van der Waals surface area contributed by atoms with Crippen molar-refractivity contribution < 1.29 is 19.1 Å². The summed E-state index contributed by atoms with van der Waals surface area (Å²) in [6, 6.07) is 11.7. The van der Waals surface area contributed by atoms with E-state index in [9.17, 15) is 9.59 Å². The molecular weight excluding hydrogens is 420 g/mol. The third-order valence-corrected chi connectivity index (χ3v) is 5.36. The summed E-state index contributed by atoms with van der Waals surface area (Å²) in [6.07, 6.45) is 1.66. The molecular formula is C19H15ClN2O4S2. The maximum Gasteiger partial charge on any atom is 0.285 e. The van der Waals surface area contributed by atoms with Gasteiger partial charge in [0.2, 0.25) is 0 Å². The van der Waals surface area contributed by atoms with Crippen LogP contribution in [-0.2, 0) is 4.79 Å². The van der Waals surface area contributed by atoms with E-state index in [-0.39, 0.29) is 4.32 Å². The number of hydrogen-bond donors (Lipinski definition) is 1. The standard InChI is InChI=1S/C19H15ClN2O4S2/c1-25-14-7-6-11(15(10-14)26-2)9-16-18(24)22(19(27)28-16)21-17(23)12-4-3-5-13(20)8-12/h3-10H,1-2H3,(H,21,23)/b16-9-. The third kappa shape index (κ3) is 4.30. The fraction of sp³-hybridized carbons (Fsp3) is 0.105. The van der Waals surface area contributed by atoms with Gasteiger partial charge in [-0.05, 0) is 48.6 Å². The largest absolute Gasteiger partial charge is 0.497 e. The molecule has 0 saturated carbocycles. The predicted molar refractivity (Wildman–Crippen MR) is 113 cm³/mol. The Kier molecular flexibility index (Phi) is 6.23. The average Bonchev–Trinajstić information content (AvgIpc) is 2.95. The van der Waals surface area contributed by atoms with Crippen LogP contribution in [0.4, 0.5) is 0 Å². The summed E-state index contributed by atoms with van der Waals surface area (Å²) >= 11 is 12.2. The van der Waals surface area contributed by atoms with Crippen molar-refractivity contribution in [2.75, 3.05) is 14.2 Å². The molecule has 0 radical (unpaired) electrons. The number of nitrogens with zero attached hydrogens (tertiary/aromatic N) is 1. The number of thioether (sulfide) groups is 1. The minimum Gasteiger partial charge on any atom is -0.497 e. The topological polar surface area (TPSA) is 67.9 Å². The summed E-state index contributed by atoms with van der Waals surface area (Å²) in [4.78, 5) is 25.5. The molecule has 0 unspecified atom stereocenters. The summed E-state index contributed by atoms with van der Waals surface area (Å²) < 4.78 is 10.7. The summed E-state index contributed by atoms with van der Waals surface area (Å²) in [7, 11) is 3.09. The number of carbonyl (C=O) groups is 2. The van der Waals surface area contributed by atoms with Gasteiger partial charge in [-0.2, -0.15) is 5.01 Å². The number of rotatable bonds is 5. The Labute approximate surface area is 176 Å². The van der Waals surface area contributed by atoms with E-state index in [1.807, 2.05) is 0 Å². The Morgan fingerprint density at radius 3 is 2.68 bits per heavy atom. The smallest absolute Gasteiger partial charge is 0.285 e. The molecule has 2 amide bonds. The van der Waals surface area contributed by atoms with E-state index in [2.05, 4.69) is 5.43 Å². The predicted octanol–water partition coefficient (Wildman–Crippen LogP) is 3.90. The molecule has 0 aliphatic carbocycles. The van der Waals surface area contributed by atoms with Crippen LogP contribution in [0.5, 0.6) is 11.5 Å². The lowest BCUT2D eigenvalue weighted by Gasteiger charge is -2.15. The molecule has 1 N–H and O–H groups in total. The lowest BCUT2D eigenvalue weighted by molar-refractivity contribution is -0.123. The van der Waals surface area contributed by atoms with Crippen LogP contribution >= 0.6 is 35.6 Å². The van der Waals surface area contributed by atoms with Crippen molar-refractivity contribution >= 4 is 57.8 Å². The number of halogens is 1. The molecule has 3 rings (SSSR count). The third-order valence-electron chi connectivity index (χ3n) is 3.82. The first-order valence-corrected chi connectivity index (χ1v) is 9.59. The van der Waals surface area contributed by atoms with Crippen molar-refractivity contribution in [3.05, 3.63) is 63.5 Å². The molecule has 0 spiro atoms. The Morgan fingerprint density at radius 2 is 2.00 bits per heavy atom. The number of hydrogen-bond acceptors (Lipinski definition) is 6. The van der Waals surface area contributed by atoms with Crippen molar-refractivity contribution in [1.29, 1.82) is 0 Å². The fourth-order valence-corrected chi connectivity index (χ4v) is 3.80. The monoisotopic (exact) mass is 434 g/mol. The summed E-state index contributed by atoms with van der Waals surface area (Å²) in [5.74, 6) is 0.272. The van der Waals surface area contributed by atoms with E-state index in [4.69, 9.17) is 33.3 Å². The van der Waals surface area contributed by atoms with Crippen LogP contribution in [0.1, 0.15) is 15.9 Å². The second-order valence-electron chi connectivity index (χ2n) is 5.58. The Balaban J connectivity index is 1.82. The van der Waals surface area contributed by atoms with Crippen LogP contribution in [0, 0.1) is 0 Å². The molecule has 0 atom stereocenters. The molecule has 1 aliphatic heterocycles. The molecule has 2 aromatic carbocycles. The van der Waals surface area contributed by atoms with Crippen LogP contribution in [0.3, 0.4) is 0 Å². The van der Waals surface area contributed by atoms with Crippen molar-refractivity contribution in [2.24, 2.45) is 0 Å². The zero-order chi connectivity index (χ0) is 20.3. The highest BCUT2D eigenvalue weighted by Gasteiger charge is 2.34. The van der Waals surface area contributed by atoms with Gasteiger partial charge in [-0.15, -0.1) is 0 Å². The van der Waals surface area contributed by atoms with E-state index in [0.29, 0.717) is 32.6 Å². The van der Waals surface area contributed by atoms with Crippen molar-refractivity contribution in [3.8, 4) is 11.5 Å². The van der Waals surface area contributed by atoms with Gasteiger partial charge in [0.25, 0.3) is 11.8 Å². The Bertz CT molecular complexity index is 994. The van der Waals surface area contributed by atoms with Gasteiger partial charge >= 0.3 is 0 Å². The highest BCUT2D eigenvalue weighted by molar-refractivity contribution is 8.26. The molecule has 1 aliphatic rings. The van der Waals surface area contributed by atoms with Gasteiger partial charge in [-0.1, -0.05) is 29.4 Å². The lowest BCUT2D eigenvalue weighted by atomic mass is 10.1. The van der Waals surface area contributed by atoms with E-state index < -0.39 is 11.8 Å². The minimum atomic E-state index is -0.484. The SMILES string of the molecule is COc1ccc(/C=C2\SC(=S)N(NC(=O)c3cccc(Cl)c3)C2=O)c(OC)c1. The number of ether oxygens (including phenoxy) is 2. The van der Waals surface area contributed by atoms with Gasteiger partial charge in [0.05, 0.1) is 19.1 Å². The lowest BCUT2D eigenvalue weighted by Crippen LogP contribution is -2.44. The summed E-state index contributed by atoms with van der Waals surface area (Å²) in [6.45, 7) is 0. The number of carbonyl (C=O) groups excluding carboxylic acids is 2. The molecule has 1 heterocycles. The fourth-order valence-electron chi connectivity index (χ4n) is 2.44. The summed E-state index contributed by atoms with van der Waals surface area (Å²) in [5, 5.41) is 1.47. The van der Waals surface area contributed by atoms with Crippen LogP contribution in [0.25, 0.3) is 6.08 Å². The Hall–Kier alpha value is -2.55. The number of hydrazine groups is 1. The van der Waals surface area contributed by atoms with Gasteiger partial charge < -0.3 is 9.47 Å². The van der Waals surface area contributed by atoms with Gasteiger partial charge in [-0.25, -0.2) is 0 Å². The van der Waals surface area contributed by atoms with E-state index in [0.717, 1.165) is 16.8 Å². The first-order chi connectivity index (χ1) is 13.4. The molecule has 0 bridgehead atoms. The molecule has 6 nitrogen and oxygen atoms in total. The maximum atomic E-state index is 12.7. The zero-order valence-electron chi connectivity index (χ0n) is 14.9. The van der Waals surface area contributed by atoms with E-state index >= 15 is 0 Å².